The van der Waals surface area contributed by atoms with E-state index in [0.29, 0.717) is 17.7 Å². The van der Waals surface area contributed by atoms with Crippen molar-refractivity contribution >= 4 is 37.6 Å². The van der Waals surface area contributed by atoms with E-state index in [2.05, 4.69) is 15.9 Å². The van der Waals surface area contributed by atoms with Gasteiger partial charge in [0, 0.05) is 11.6 Å². The zero-order chi connectivity index (χ0) is 15.2. The van der Waals surface area contributed by atoms with Gasteiger partial charge in [0.05, 0.1) is 24.8 Å². The van der Waals surface area contributed by atoms with Crippen LogP contribution in [-0.2, 0) is 19.5 Å². The molecule has 0 unspecified atom stereocenters. The Bertz CT molecular complexity index is 552. The number of hydrogen-bond donors (Lipinski definition) is 1. The molecule has 0 bridgehead atoms. The van der Waals surface area contributed by atoms with Crippen LogP contribution in [0.15, 0.2) is 21.5 Å². The summed E-state index contributed by atoms with van der Waals surface area (Å²) in [4.78, 5) is -0.172. The van der Waals surface area contributed by atoms with Gasteiger partial charge in [0.15, 0.2) is 5.75 Å². The van der Waals surface area contributed by atoms with Crippen molar-refractivity contribution in [1.29, 1.82) is 0 Å². The van der Waals surface area contributed by atoms with E-state index in [9.17, 15) is 8.42 Å². The van der Waals surface area contributed by atoms with Crippen molar-refractivity contribution in [2.75, 3.05) is 33.5 Å². The van der Waals surface area contributed by atoms with Crippen LogP contribution >= 0.6 is 27.5 Å². The molecule has 0 aromatic heterocycles. The molecule has 0 saturated carbocycles. The summed E-state index contributed by atoms with van der Waals surface area (Å²) in [7, 11) is -2.36. The third kappa shape index (κ3) is 5.55. The number of hydrogen-bond acceptors (Lipinski definition) is 5. The summed E-state index contributed by atoms with van der Waals surface area (Å²) in [6.07, 6.45) is 0. The van der Waals surface area contributed by atoms with E-state index < -0.39 is 10.0 Å². The van der Waals surface area contributed by atoms with Crippen LogP contribution in [0.2, 0.25) is 5.02 Å². The van der Waals surface area contributed by atoms with Gasteiger partial charge in [0.2, 0.25) is 10.0 Å². The van der Waals surface area contributed by atoms with Crippen LogP contribution in [0.25, 0.3) is 0 Å². The molecule has 9 heteroatoms. The highest BCUT2D eigenvalue weighted by molar-refractivity contribution is 9.10. The predicted octanol–water partition coefficient (Wildman–Crippen LogP) is 1.79. The highest BCUT2D eigenvalue weighted by Gasteiger charge is 2.19. The summed E-state index contributed by atoms with van der Waals surface area (Å²) in [5.41, 5.74) is 0. The second kappa shape index (κ2) is 8.16. The number of ether oxygens (including phenoxy) is 3. The monoisotopic (exact) mass is 387 g/mol. The molecule has 0 spiro atoms. The average molecular weight is 389 g/mol. The maximum Gasteiger partial charge on any atom is 0.241 e. The zero-order valence-corrected chi connectivity index (χ0v) is 13.9. The van der Waals surface area contributed by atoms with Crippen molar-refractivity contribution in [1.82, 2.24) is 0 Å². The first-order chi connectivity index (χ1) is 9.36. The number of primary sulfonamides is 1. The van der Waals surface area contributed by atoms with E-state index in [1.165, 1.54) is 12.1 Å². The molecule has 0 aliphatic carbocycles. The Hall–Kier alpha value is -0.380. The van der Waals surface area contributed by atoms with Gasteiger partial charge >= 0.3 is 0 Å². The van der Waals surface area contributed by atoms with Gasteiger partial charge in [-0.3, -0.25) is 0 Å². The largest absolute Gasteiger partial charge is 0.488 e. The lowest BCUT2D eigenvalue weighted by Crippen LogP contribution is -2.16. The summed E-state index contributed by atoms with van der Waals surface area (Å²) >= 11 is 9.12. The minimum atomic E-state index is -3.93. The molecule has 1 aromatic rings. The van der Waals surface area contributed by atoms with Crippen LogP contribution in [0.4, 0.5) is 0 Å². The molecular formula is C11H15BrClNO5S. The molecule has 0 aliphatic rings. The lowest BCUT2D eigenvalue weighted by Gasteiger charge is -2.12. The van der Waals surface area contributed by atoms with E-state index in [1.54, 1.807) is 7.11 Å². The minimum absolute atomic E-state index is 0.0210. The van der Waals surface area contributed by atoms with Crippen LogP contribution in [-0.4, -0.2) is 42.0 Å². The predicted molar refractivity (Wildman–Crippen MR) is 78.7 cm³/mol. The maximum absolute atomic E-state index is 11.5. The number of sulfonamides is 1. The third-order valence-electron chi connectivity index (χ3n) is 2.19. The van der Waals surface area contributed by atoms with Crippen LogP contribution in [0.5, 0.6) is 5.75 Å². The number of rotatable bonds is 8. The molecule has 2 N–H and O–H groups in total. The Morgan fingerprint density at radius 3 is 2.50 bits per heavy atom. The Morgan fingerprint density at radius 1 is 1.25 bits per heavy atom. The Morgan fingerprint density at radius 2 is 1.90 bits per heavy atom. The molecule has 0 saturated heterocycles. The van der Waals surface area contributed by atoms with E-state index in [0.717, 1.165) is 0 Å². The molecule has 0 radical (unpaired) electrons. The van der Waals surface area contributed by atoms with Gasteiger partial charge in [0.1, 0.15) is 11.5 Å². The highest BCUT2D eigenvalue weighted by Crippen LogP contribution is 2.34. The lowest BCUT2D eigenvalue weighted by molar-refractivity contribution is 0.0539. The van der Waals surface area contributed by atoms with Crippen molar-refractivity contribution in [2.24, 2.45) is 5.14 Å². The molecule has 6 nitrogen and oxygen atoms in total. The Labute approximate surface area is 131 Å². The molecule has 0 atom stereocenters. The van der Waals surface area contributed by atoms with Crippen LogP contribution in [0.1, 0.15) is 0 Å². The van der Waals surface area contributed by atoms with Crippen molar-refractivity contribution < 1.29 is 22.6 Å². The smallest absolute Gasteiger partial charge is 0.241 e. The van der Waals surface area contributed by atoms with E-state index in [4.69, 9.17) is 31.0 Å². The molecule has 0 amide bonds. The Kier molecular flexibility index (Phi) is 7.21. The van der Waals surface area contributed by atoms with Crippen LogP contribution in [0, 0.1) is 0 Å². The summed E-state index contributed by atoms with van der Waals surface area (Å²) in [6, 6.07) is 2.86. The molecule has 114 valence electrons. The molecule has 1 aromatic carbocycles. The summed E-state index contributed by atoms with van der Waals surface area (Å²) in [6.45, 7) is 1.32. The van der Waals surface area contributed by atoms with Gasteiger partial charge in [-0.1, -0.05) is 27.5 Å². The van der Waals surface area contributed by atoms with E-state index in [1.807, 2.05) is 0 Å². The second-order valence-electron chi connectivity index (χ2n) is 3.71. The number of benzene rings is 1. The number of halogens is 2. The quantitative estimate of drug-likeness (QED) is 0.686. The summed E-state index contributed by atoms with van der Waals surface area (Å²) in [5, 5.41) is 5.28. The number of methoxy groups -OCH3 is 1. The van der Waals surface area contributed by atoms with Crippen LogP contribution in [0.3, 0.4) is 0 Å². The second-order valence-corrected chi connectivity index (χ2v) is 6.57. The SMILES string of the molecule is COCCOCCOc1c(Cl)cc(Br)cc1S(N)(=O)=O. The normalized spacial score (nSPS) is 11.6. The molecule has 20 heavy (non-hydrogen) atoms. The van der Waals surface area contributed by atoms with Gasteiger partial charge in [-0.05, 0) is 12.1 Å². The fourth-order valence-electron chi connectivity index (χ4n) is 1.34. The van der Waals surface area contributed by atoms with Crippen molar-refractivity contribution in [2.45, 2.75) is 4.90 Å². The molecular weight excluding hydrogens is 374 g/mol. The maximum atomic E-state index is 11.5. The molecule has 0 aliphatic heterocycles. The fraction of sp³-hybridized carbons (Fsp3) is 0.455. The lowest BCUT2D eigenvalue weighted by atomic mass is 10.3. The topological polar surface area (TPSA) is 87.8 Å². The standard InChI is InChI=1S/C11H15BrClNO5S/c1-17-2-3-18-4-5-19-11-9(13)6-8(12)7-10(11)20(14,15)16/h6-7H,2-5H2,1H3,(H2,14,15,16). The van der Waals surface area contributed by atoms with Gasteiger partial charge in [-0.15, -0.1) is 0 Å². The zero-order valence-electron chi connectivity index (χ0n) is 10.8. The Balaban J connectivity index is 2.74. The van der Waals surface area contributed by atoms with Crippen molar-refractivity contribution in [3.05, 3.63) is 21.6 Å². The van der Waals surface area contributed by atoms with Gasteiger partial charge in [0.25, 0.3) is 0 Å². The number of nitrogens with two attached hydrogens (primary N) is 1. The molecule has 0 fully saturated rings. The minimum Gasteiger partial charge on any atom is -0.488 e. The summed E-state index contributed by atoms with van der Waals surface area (Å²) < 4.78 is 38.9. The van der Waals surface area contributed by atoms with E-state index >= 15 is 0 Å². The van der Waals surface area contributed by atoms with Crippen molar-refractivity contribution in [3.63, 3.8) is 0 Å². The molecule has 1 rings (SSSR count). The van der Waals surface area contributed by atoms with Gasteiger partial charge < -0.3 is 14.2 Å². The van der Waals surface area contributed by atoms with Gasteiger partial charge in [-0.2, -0.15) is 0 Å². The first-order valence-corrected chi connectivity index (χ1v) is 8.29. The van der Waals surface area contributed by atoms with E-state index in [-0.39, 0.29) is 28.9 Å². The van der Waals surface area contributed by atoms with Crippen LogP contribution < -0.4 is 9.88 Å². The van der Waals surface area contributed by atoms with Gasteiger partial charge in [-0.25, -0.2) is 13.6 Å². The molecule has 0 heterocycles. The fourth-order valence-corrected chi connectivity index (χ4v) is 3.12. The highest BCUT2D eigenvalue weighted by atomic mass is 79.9. The summed E-state index contributed by atoms with van der Waals surface area (Å²) in [5.74, 6) is 0.0210. The third-order valence-corrected chi connectivity index (χ3v) is 3.84. The average Bonchev–Trinajstić information content (AvgIpc) is 2.34. The first kappa shape index (κ1) is 17.7. The van der Waals surface area contributed by atoms with Crippen molar-refractivity contribution in [3.8, 4) is 5.75 Å². The first-order valence-electron chi connectivity index (χ1n) is 5.57.